The second-order valence-electron chi connectivity index (χ2n) is 3.29. The zero-order chi connectivity index (χ0) is 11.5. The van der Waals surface area contributed by atoms with E-state index in [4.69, 9.17) is 5.11 Å². The topological polar surface area (TPSA) is 82.7 Å². The number of hydrogen-bond donors (Lipinski definition) is 3. The quantitative estimate of drug-likeness (QED) is 0.751. The van der Waals surface area contributed by atoms with Crippen LogP contribution in [-0.4, -0.2) is 43.8 Å². The number of aliphatic hydroxyl groups excluding tert-OH is 2. The van der Waals surface area contributed by atoms with Gasteiger partial charge in [0.05, 0.1) is 12.7 Å². The SMILES string of the molecule is OCC(O)CNc1nc(Br)cn2ccnc12. The predicted octanol–water partition coefficient (Wildman–Crippen LogP) is 0.257. The molecule has 2 aromatic heterocycles. The highest BCUT2D eigenvalue weighted by atomic mass is 79.9. The summed E-state index contributed by atoms with van der Waals surface area (Å²) in [5, 5.41) is 20.9. The number of rotatable bonds is 4. The van der Waals surface area contributed by atoms with Crippen molar-refractivity contribution in [2.24, 2.45) is 0 Å². The number of aromatic nitrogens is 3. The van der Waals surface area contributed by atoms with Gasteiger partial charge in [-0.1, -0.05) is 0 Å². The zero-order valence-electron chi connectivity index (χ0n) is 8.34. The molecule has 0 aliphatic rings. The Labute approximate surface area is 100 Å². The maximum Gasteiger partial charge on any atom is 0.180 e. The first-order valence-corrected chi connectivity index (χ1v) is 5.52. The lowest BCUT2D eigenvalue weighted by Crippen LogP contribution is -2.23. The van der Waals surface area contributed by atoms with Gasteiger partial charge in [-0.05, 0) is 15.9 Å². The van der Waals surface area contributed by atoms with Gasteiger partial charge in [-0.2, -0.15) is 0 Å². The van der Waals surface area contributed by atoms with E-state index in [9.17, 15) is 5.11 Å². The minimum Gasteiger partial charge on any atom is -0.394 e. The van der Waals surface area contributed by atoms with Gasteiger partial charge in [-0.3, -0.25) is 0 Å². The molecule has 2 rings (SSSR count). The molecule has 86 valence electrons. The van der Waals surface area contributed by atoms with Crippen molar-refractivity contribution < 1.29 is 10.2 Å². The fourth-order valence-corrected chi connectivity index (χ4v) is 1.70. The molecule has 7 heteroatoms. The van der Waals surface area contributed by atoms with Gasteiger partial charge in [0.15, 0.2) is 11.5 Å². The summed E-state index contributed by atoms with van der Waals surface area (Å²) in [5.74, 6) is 0.562. The average Bonchev–Trinajstić information content (AvgIpc) is 2.73. The van der Waals surface area contributed by atoms with Crippen LogP contribution in [-0.2, 0) is 0 Å². The highest BCUT2D eigenvalue weighted by Gasteiger charge is 2.08. The fraction of sp³-hybridized carbons (Fsp3) is 0.333. The number of imidazole rings is 1. The smallest absolute Gasteiger partial charge is 0.180 e. The summed E-state index contributed by atoms with van der Waals surface area (Å²) in [6.45, 7) is -0.0613. The van der Waals surface area contributed by atoms with E-state index in [0.29, 0.717) is 16.1 Å². The molecule has 1 unspecified atom stereocenters. The molecule has 0 bridgehead atoms. The van der Waals surface area contributed by atoms with E-state index >= 15 is 0 Å². The van der Waals surface area contributed by atoms with Crippen molar-refractivity contribution in [1.82, 2.24) is 14.4 Å². The van der Waals surface area contributed by atoms with Crippen molar-refractivity contribution in [1.29, 1.82) is 0 Å². The van der Waals surface area contributed by atoms with Gasteiger partial charge < -0.3 is 19.9 Å². The number of anilines is 1. The molecule has 0 aromatic carbocycles. The van der Waals surface area contributed by atoms with E-state index in [0.717, 1.165) is 0 Å². The van der Waals surface area contributed by atoms with Gasteiger partial charge in [0.1, 0.15) is 4.60 Å². The minimum atomic E-state index is -0.809. The first-order valence-electron chi connectivity index (χ1n) is 4.72. The van der Waals surface area contributed by atoms with Gasteiger partial charge in [0, 0.05) is 25.1 Å². The van der Waals surface area contributed by atoms with Crippen molar-refractivity contribution >= 4 is 27.4 Å². The highest BCUT2D eigenvalue weighted by Crippen LogP contribution is 2.16. The van der Waals surface area contributed by atoms with Crippen LogP contribution in [0.5, 0.6) is 0 Å². The molecule has 3 N–H and O–H groups in total. The van der Waals surface area contributed by atoms with Gasteiger partial charge in [0.25, 0.3) is 0 Å². The lowest BCUT2D eigenvalue weighted by molar-refractivity contribution is 0.105. The lowest BCUT2D eigenvalue weighted by Gasteiger charge is -2.10. The van der Waals surface area contributed by atoms with Crippen LogP contribution in [0.25, 0.3) is 5.65 Å². The number of aliphatic hydroxyl groups is 2. The molecule has 0 saturated heterocycles. The molecule has 2 heterocycles. The van der Waals surface area contributed by atoms with E-state index in [1.54, 1.807) is 18.6 Å². The molecular formula is C9H11BrN4O2. The Morgan fingerprint density at radius 2 is 2.38 bits per heavy atom. The molecule has 0 amide bonds. The summed E-state index contributed by atoms with van der Waals surface area (Å²) in [6.07, 6.45) is 4.44. The normalized spacial score (nSPS) is 12.9. The van der Waals surface area contributed by atoms with Crippen LogP contribution >= 0.6 is 15.9 Å². The molecule has 1 atom stereocenters. The number of hydrogen-bond acceptors (Lipinski definition) is 5. The highest BCUT2D eigenvalue weighted by molar-refractivity contribution is 9.10. The number of halogens is 1. The van der Waals surface area contributed by atoms with E-state index in [-0.39, 0.29) is 13.2 Å². The van der Waals surface area contributed by atoms with Crippen LogP contribution in [0.3, 0.4) is 0 Å². The standard InChI is InChI=1S/C9H11BrN4O2/c10-7-4-14-2-1-11-9(14)8(13-7)12-3-6(16)5-15/h1-2,4,6,15-16H,3,5H2,(H,12,13). The van der Waals surface area contributed by atoms with Gasteiger partial charge in [0.2, 0.25) is 0 Å². The molecule has 2 aromatic rings. The van der Waals surface area contributed by atoms with E-state index in [1.807, 2.05) is 4.40 Å². The third-order valence-corrected chi connectivity index (χ3v) is 2.44. The van der Waals surface area contributed by atoms with Crippen molar-refractivity contribution in [3.05, 3.63) is 23.2 Å². The van der Waals surface area contributed by atoms with Crippen molar-refractivity contribution in [3.63, 3.8) is 0 Å². The van der Waals surface area contributed by atoms with Crippen molar-refractivity contribution in [2.45, 2.75) is 6.10 Å². The average molecular weight is 287 g/mol. The van der Waals surface area contributed by atoms with E-state index in [2.05, 4.69) is 31.2 Å². The van der Waals surface area contributed by atoms with Crippen LogP contribution in [0, 0.1) is 0 Å². The van der Waals surface area contributed by atoms with Crippen molar-refractivity contribution in [3.8, 4) is 0 Å². The summed E-state index contributed by atoms with van der Waals surface area (Å²) in [5.41, 5.74) is 0.674. The Morgan fingerprint density at radius 1 is 1.56 bits per heavy atom. The number of fused-ring (bicyclic) bond motifs is 1. The van der Waals surface area contributed by atoms with E-state index in [1.165, 1.54) is 0 Å². The Kier molecular flexibility index (Phi) is 3.37. The first kappa shape index (κ1) is 11.3. The van der Waals surface area contributed by atoms with Gasteiger partial charge in [-0.15, -0.1) is 0 Å². The van der Waals surface area contributed by atoms with Crippen LogP contribution in [0.4, 0.5) is 5.82 Å². The molecule has 0 fully saturated rings. The maximum atomic E-state index is 9.23. The predicted molar refractivity (Wildman–Crippen MR) is 62.3 cm³/mol. The fourth-order valence-electron chi connectivity index (χ4n) is 1.30. The molecule has 6 nitrogen and oxygen atoms in total. The maximum absolute atomic E-state index is 9.23. The summed E-state index contributed by atoms with van der Waals surface area (Å²) >= 11 is 3.28. The molecule has 16 heavy (non-hydrogen) atoms. The summed E-state index contributed by atoms with van der Waals surface area (Å²) < 4.78 is 2.48. The molecule has 0 saturated carbocycles. The zero-order valence-corrected chi connectivity index (χ0v) is 9.92. The van der Waals surface area contributed by atoms with Crippen LogP contribution in [0.2, 0.25) is 0 Å². The van der Waals surface area contributed by atoms with Crippen LogP contribution in [0.1, 0.15) is 0 Å². The molecular weight excluding hydrogens is 276 g/mol. The number of nitrogens with zero attached hydrogens (tertiary/aromatic N) is 3. The molecule has 0 aliphatic carbocycles. The summed E-state index contributed by atoms with van der Waals surface area (Å²) in [4.78, 5) is 8.35. The monoisotopic (exact) mass is 286 g/mol. The molecule has 0 radical (unpaired) electrons. The second-order valence-corrected chi connectivity index (χ2v) is 4.10. The minimum absolute atomic E-state index is 0.225. The van der Waals surface area contributed by atoms with Gasteiger partial charge in [-0.25, -0.2) is 9.97 Å². The third-order valence-electron chi connectivity index (χ3n) is 2.06. The number of nitrogens with one attached hydrogen (secondary N) is 1. The third kappa shape index (κ3) is 2.31. The van der Waals surface area contributed by atoms with E-state index < -0.39 is 6.10 Å². The summed E-state index contributed by atoms with van der Waals surface area (Å²) in [6, 6.07) is 0. The van der Waals surface area contributed by atoms with Crippen LogP contribution < -0.4 is 5.32 Å². The largest absolute Gasteiger partial charge is 0.394 e. The first-order chi connectivity index (χ1) is 7.70. The van der Waals surface area contributed by atoms with Crippen LogP contribution in [0.15, 0.2) is 23.2 Å². The Hall–Kier alpha value is -1.18. The second kappa shape index (κ2) is 4.77. The van der Waals surface area contributed by atoms with Crippen molar-refractivity contribution in [2.75, 3.05) is 18.5 Å². The lowest BCUT2D eigenvalue weighted by atomic mass is 10.4. The molecule has 0 aliphatic heterocycles. The Morgan fingerprint density at radius 3 is 3.12 bits per heavy atom. The Bertz CT molecular complexity index is 487. The molecule has 0 spiro atoms. The Balaban J connectivity index is 2.25. The summed E-state index contributed by atoms with van der Waals surface area (Å²) in [7, 11) is 0. The van der Waals surface area contributed by atoms with Gasteiger partial charge >= 0.3 is 0 Å².